The van der Waals surface area contributed by atoms with Crippen molar-refractivity contribution in [2.75, 3.05) is 0 Å². The number of carboxylic acids is 1. The standard InChI is InChI=1S/C14H17NO3/c1-14(2,15)11(7-13(16)17)10-8-18-12-6-4-3-5-9(10)12/h3-6,8,11H,7,15H2,1-2H3,(H,16,17). The van der Waals surface area contributed by atoms with Crippen LogP contribution in [0.4, 0.5) is 0 Å². The zero-order chi connectivity index (χ0) is 13.3. The lowest BCUT2D eigenvalue weighted by atomic mass is 9.80. The van der Waals surface area contributed by atoms with Gasteiger partial charge in [0.15, 0.2) is 0 Å². The van der Waals surface area contributed by atoms with Gasteiger partial charge in [0.2, 0.25) is 0 Å². The third kappa shape index (κ3) is 2.38. The molecule has 0 aliphatic rings. The Bertz CT molecular complexity index is 566. The van der Waals surface area contributed by atoms with Crippen LogP contribution in [0, 0.1) is 0 Å². The van der Waals surface area contributed by atoms with Crippen molar-refractivity contribution < 1.29 is 14.3 Å². The Kier molecular flexibility index (Phi) is 3.13. The average Bonchev–Trinajstić information content (AvgIpc) is 2.67. The van der Waals surface area contributed by atoms with Crippen molar-refractivity contribution in [1.82, 2.24) is 0 Å². The molecule has 0 saturated heterocycles. The highest BCUT2D eigenvalue weighted by Crippen LogP contribution is 2.35. The molecule has 0 spiro atoms. The van der Waals surface area contributed by atoms with Crippen LogP contribution in [0.15, 0.2) is 34.9 Å². The average molecular weight is 247 g/mol. The molecule has 0 radical (unpaired) electrons. The largest absolute Gasteiger partial charge is 0.481 e. The second-order valence-corrected chi connectivity index (χ2v) is 5.16. The molecule has 0 aliphatic heterocycles. The van der Waals surface area contributed by atoms with E-state index in [9.17, 15) is 4.79 Å². The molecule has 1 atom stereocenters. The molecular weight excluding hydrogens is 230 g/mol. The Morgan fingerprint density at radius 3 is 2.72 bits per heavy atom. The van der Waals surface area contributed by atoms with E-state index in [1.165, 1.54) is 0 Å². The van der Waals surface area contributed by atoms with Gasteiger partial charge in [0, 0.05) is 22.4 Å². The first-order valence-electron chi connectivity index (χ1n) is 5.86. The molecular formula is C14H17NO3. The summed E-state index contributed by atoms with van der Waals surface area (Å²) in [7, 11) is 0. The molecule has 2 rings (SSSR count). The van der Waals surface area contributed by atoms with Crippen molar-refractivity contribution in [1.29, 1.82) is 0 Å². The lowest BCUT2D eigenvalue weighted by Crippen LogP contribution is -2.40. The van der Waals surface area contributed by atoms with E-state index in [1.807, 2.05) is 38.1 Å². The first-order chi connectivity index (χ1) is 8.39. The molecule has 0 aliphatic carbocycles. The zero-order valence-electron chi connectivity index (χ0n) is 10.5. The maximum Gasteiger partial charge on any atom is 0.304 e. The van der Waals surface area contributed by atoms with E-state index in [1.54, 1.807) is 6.26 Å². The van der Waals surface area contributed by atoms with E-state index >= 15 is 0 Å². The van der Waals surface area contributed by atoms with Crippen LogP contribution in [-0.4, -0.2) is 16.6 Å². The first-order valence-corrected chi connectivity index (χ1v) is 5.86. The molecule has 0 bridgehead atoms. The number of para-hydroxylation sites is 1. The van der Waals surface area contributed by atoms with Gasteiger partial charge in [0.1, 0.15) is 5.58 Å². The number of rotatable bonds is 4. The number of benzene rings is 1. The van der Waals surface area contributed by atoms with Gasteiger partial charge in [0.25, 0.3) is 0 Å². The first kappa shape index (κ1) is 12.6. The number of nitrogens with two attached hydrogens (primary N) is 1. The molecule has 18 heavy (non-hydrogen) atoms. The van der Waals surface area contributed by atoms with Gasteiger partial charge in [-0.3, -0.25) is 4.79 Å². The summed E-state index contributed by atoms with van der Waals surface area (Å²) in [5.41, 5.74) is 7.10. The number of hydrogen-bond donors (Lipinski definition) is 2. The van der Waals surface area contributed by atoms with Crippen molar-refractivity contribution in [2.45, 2.75) is 31.7 Å². The summed E-state index contributed by atoms with van der Waals surface area (Å²) >= 11 is 0. The van der Waals surface area contributed by atoms with Crippen LogP contribution < -0.4 is 5.73 Å². The van der Waals surface area contributed by atoms with Gasteiger partial charge in [-0.05, 0) is 19.9 Å². The van der Waals surface area contributed by atoms with Crippen molar-refractivity contribution in [3.05, 3.63) is 36.1 Å². The minimum absolute atomic E-state index is 0.00692. The molecule has 4 nitrogen and oxygen atoms in total. The van der Waals surface area contributed by atoms with E-state index < -0.39 is 11.5 Å². The third-order valence-electron chi connectivity index (χ3n) is 3.16. The number of fused-ring (bicyclic) bond motifs is 1. The highest BCUT2D eigenvalue weighted by molar-refractivity contribution is 5.82. The van der Waals surface area contributed by atoms with Crippen LogP contribution in [0.5, 0.6) is 0 Å². The van der Waals surface area contributed by atoms with E-state index in [0.29, 0.717) is 0 Å². The molecule has 0 saturated carbocycles. The minimum atomic E-state index is -0.858. The molecule has 4 heteroatoms. The second kappa shape index (κ2) is 4.46. The van der Waals surface area contributed by atoms with Crippen molar-refractivity contribution >= 4 is 16.9 Å². The maximum absolute atomic E-state index is 11.0. The predicted molar refractivity (Wildman–Crippen MR) is 69.5 cm³/mol. The number of carbonyl (C=O) groups is 1. The van der Waals surface area contributed by atoms with Crippen LogP contribution in [0.25, 0.3) is 11.0 Å². The fraction of sp³-hybridized carbons (Fsp3) is 0.357. The van der Waals surface area contributed by atoms with E-state index in [2.05, 4.69) is 0 Å². The van der Waals surface area contributed by atoms with Crippen molar-refractivity contribution in [3.63, 3.8) is 0 Å². The zero-order valence-corrected chi connectivity index (χ0v) is 10.5. The Balaban J connectivity index is 2.51. The van der Waals surface area contributed by atoms with Crippen LogP contribution >= 0.6 is 0 Å². The molecule has 2 aromatic rings. The van der Waals surface area contributed by atoms with E-state index in [-0.39, 0.29) is 12.3 Å². The predicted octanol–water partition coefficient (Wildman–Crippen LogP) is 2.73. The lowest BCUT2D eigenvalue weighted by molar-refractivity contribution is -0.137. The van der Waals surface area contributed by atoms with Crippen LogP contribution in [0.1, 0.15) is 31.7 Å². The molecule has 1 aromatic heterocycles. The van der Waals surface area contributed by atoms with Gasteiger partial charge in [-0.25, -0.2) is 0 Å². The molecule has 0 amide bonds. The highest BCUT2D eigenvalue weighted by Gasteiger charge is 2.31. The Morgan fingerprint density at radius 2 is 2.11 bits per heavy atom. The maximum atomic E-state index is 11.0. The molecule has 3 N–H and O–H groups in total. The number of aliphatic carboxylic acids is 1. The van der Waals surface area contributed by atoms with Crippen LogP contribution in [0.3, 0.4) is 0 Å². The SMILES string of the molecule is CC(C)(N)C(CC(=O)O)c1coc2ccccc12. The van der Waals surface area contributed by atoms with Gasteiger partial charge in [-0.2, -0.15) is 0 Å². The van der Waals surface area contributed by atoms with Crippen LogP contribution in [0.2, 0.25) is 0 Å². The number of furan rings is 1. The van der Waals surface area contributed by atoms with Gasteiger partial charge >= 0.3 is 5.97 Å². The van der Waals surface area contributed by atoms with Crippen molar-refractivity contribution in [2.24, 2.45) is 5.73 Å². The van der Waals surface area contributed by atoms with E-state index in [0.717, 1.165) is 16.5 Å². The third-order valence-corrected chi connectivity index (χ3v) is 3.16. The summed E-state index contributed by atoms with van der Waals surface area (Å²) in [6.45, 7) is 3.67. The monoisotopic (exact) mass is 247 g/mol. The summed E-state index contributed by atoms with van der Waals surface area (Å²) in [6.07, 6.45) is 1.61. The summed E-state index contributed by atoms with van der Waals surface area (Å²) in [4.78, 5) is 11.0. The molecule has 1 heterocycles. The summed E-state index contributed by atoms with van der Waals surface area (Å²) in [5, 5.41) is 9.96. The Labute approximate surface area is 105 Å². The molecule has 1 unspecified atom stereocenters. The Hall–Kier alpha value is -1.81. The van der Waals surface area contributed by atoms with Crippen LogP contribution in [-0.2, 0) is 4.79 Å². The fourth-order valence-electron chi connectivity index (χ4n) is 2.22. The number of hydrogen-bond acceptors (Lipinski definition) is 3. The number of carboxylic acid groups (broad SMARTS) is 1. The quantitative estimate of drug-likeness (QED) is 0.870. The Morgan fingerprint density at radius 1 is 1.44 bits per heavy atom. The summed E-state index contributed by atoms with van der Waals surface area (Å²) < 4.78 is 5.46. The van der Waals surface area contributed by atoms with Gasteiger partial charge in [-0.15, -0.1) is 0 Å². The highest BCUT2D eigenvalue weighted by atomic mass is 16.4. The second-order valence-electron chi connectivity index (χ2n) is 5.16. The molecule has 96 valence electrons. The van der Waals surface area contributed by atoms with Gasteiger partial charge < -0.3 is 15.3 Å². The van der Waals surface area contributed by atoms with Crippen molar-refractivity contribution in [3.8, 4) is 0 Å². The lowest BCUT2D eigenvalue weighted by Gasteiger charge is -2.28. The van der Waals surface area contributed by atoms with E-state index in [4.69, 9.17) is 15.3 Å². The summed E-state index contributed by atoms with van der Waals surface area (Å²) in [6, 6.07) is 7.58. The van der Waals surface area contributed by atoms with Gasteiger partial charge in [0.05, 0.1) is 12.7 Å². The minimum Gasteiger partial charge on any atom is -0.481 e. The summed E-state index contributed by atoms with van der Waals surface area (Å²) in [5.74, 6) is -1.14. The molecule has 1 aromatic carbocycles. The topological polar surface area (TPSA) is 76.5 Å². The smallest absolute Gasteiger partial charge is 0.304 e. The normalized spacial score (nSPS) is 13.7. The van der Waals surface area contributed by atoms with Gasteiger partial charge in [-0.1, -0.05) is 18.2 Å². The molecule has 0 fully saturated rings. The fourth-order valence-corrected chi connectivity index (χ4v) is 2.22.